The maximum absolute atomic E-state index is 12.9. The van der Waals surface area contributed by atoms with Crippen molar-refractivity contribution in [3.63, 3.8) is 0 Å². The third-order valence-corrected chi connectivity index (χ3v) is 4.73. The summed E-state index contributed by atoms with van der Waals surface area (Å²) in [5, 5.41) is 0.229. The summed E-state index contributed by atoms with van der Waals surface area (Å²) in [7, 11) is 0. The summed E-state index contributed by atoms with van der Waals surface area (Å²) in [4.78, 5) is 38.2. The number of aromatic nitrogens is 2. The van der Waals surface area contributed by atoms with Crippen molar-refractivity contribution in [2.75, 3.05) is 0 Å². The van der Waals surface area contributed by atoms with E-state index < -0.39 is 36.1 Å². The van der Waals surface area contributed by atoms with Gasteiger partial charge >= 0.3 is 5.69 Å². The molecule has 0 amide bonds. The molecule has 2 aromatic heterocycles. The van der Waals surface area contributed by atoms with Crippen LogP contribution in [-0.4, -0.2) is 21.8 Å². The van der Waals surface area contributed by atoms with Crippen molar-refractivity contribution in [1.29, 1.82) is 0 Å². The fourth-order valence-electron chi connectivity index (χ4n) is 2.50. The lowest BCUT2D eigenvalue weighted by atomic mass is 9.88. The van der Waals surface area contributed by atoms with E-state index in [9.17, 15) is 23.2 Å². The van der Waals surface area contributed by atoms with E-state index in [2.05, 4.69) is 4.98 Å². The minimum Gasteiger partial charge on any atom is -0.298 e. The van der Waals surface area contributed by atoms with E-state index in [-0.39, 0.29) is 5.39 Å². The van der Waals surface area contributed by atoms with Crippen molar-refractivity contribution in [2.45, 2.75) is 31.7 Å². The standard InChI is InChI=1S/C12H10F2N2O3S/c1-5-7(4-17)20-9-8(5)10(18)16(11(19)15-9)6-2-12(13,14)3-6/h4,6H,2-3H2,1H3,(H,15,19). The van der Waals surface area contributed by atoms with Crippen LogP contribution in [0, 0.1) is 6.92 Å². The van der Waals surface area contributed by atoms with E-state index in [1.807, 2.05) is 0 Å². The minimum atomic E-state index is -2.82. The number of aryl methyl sites for hydroxylation is 1. The van der Waals surface area contributed by atoms with Gasteiger partial charge in [0, 0.05) is 12.8 Å². The maximum atomic E-state index is 12.9. The van der Waals surface area contributed by atoms with Crippen molar-refractivity contribution < 1.29 is 13.6 Å². The van der Waals surface area contributed by atoms with Crippen LogP contribution in [0.2, 0.25) is 0 Å². The van der Waals surface area contributed by atoms with Gasteiger partial charge in [-0.1, -0.05) is 0 Å². The number of nitrogens with one attached hydrogen (secondary N) is 1. The molecule has 0 atom stereocenters. The van der Waals surface area contributed by atoms with Crippen LogP contribution in [0.15, 0.2) is 9.59 Å². The van der Waals surface area contributed by atoms with Gasteiger partial charge in [-0.2, -0.15) is 0 Å². The molecule has 106 valence electrons. The van der Waals surface area contributed by atoms with Gasteiger partial charge in [-0.25, -0.2) is 13.6 Å². The summed E-state index contributed by atoms with van der Waals surface area (Å²) in [6, 6.07) is -0.787. The topological polar surface area (TPSA) is 71.9 Å². The monoisotopic (exact) mass is 300 g/mol. The molecule has 20 heavy (non-hydrogen) atoms. The fourth-order valence-corrected chi connectivity index (χ4v) is 3.51. The summed E-state index contributed by atoms with van der Waals surface area (Å²) in [5.41, 5.74) is -0.839. The van der Waals surface area contributed by atoms with Crippen LogP contribution in [0.1, 0.15) is 34.1 Å². The molecule has 2 aromatic rings. The van der Waals surface area contributed by atoms with Crippen LogP contribution < -0.4 is 11.2 Å². The van der Waals surface area contributed by atoms with Gasteiger partial charge < -0.3 is 0 Å². The Bertz CT molecular complexity index is 826. The lowest BCUT2D eigenvalue weighted by Gasteiger charge is -2.35. The zero-order valence-electron chi connectivity index (χ0n) is 10.4. The highest BCUT2D eigenvalue weighted by atomic mass is 32.1. The number of hydrogen-bond acceptors (Lipinski definition) is 4. The summed E-state index contributed by atoms with van der Waals surface area (Å²) in [6.45, 7) is 1.60. The Labute approximate surface area is 114 Å². The molecule has 8 heteroatoms. The second-order valence-electron chi connectivity index (χ2n) is 4.94. The molecule has 0 aromatic carbocycles. The molecule has 0 aliphatic heterocycles. The smallest absolute Gasteiger partial charge is 0.298 e. The van der Waals surface area contributed by atoms with Crippen LogP contribution in [0.3, 0.4) is 0 Å². The van der Waals surface area contributed by atoms with Crippen molar-refractivity contribution in [3.8, 4) is 0 Å². The highest BCUT2D eigenvalue weighted by Gasteiger charge is 2.47. The van der Waals surface area contributed by atoms with E-state index in [0.29, 0.717) is 21.6 Å². The summed E-state index contributed by atoms with van der Waals surface area (Å²) >= 11 is 1.01. The largest absolute Gasteiger partial charge is 0.329 e. The molecule has 5 nitrogen and oxygen atoms in total. The van der Waals surface area contributed by atoms with Crippen molar-refractivity contribution >= 4 is 27.8 Å². The molecule has 1 aliphatic rings. The Morgan fingerprint density at radius 2 is 2.05 bits per heavy atom. The van der Waals surface area contributed by atoms with Crippen LogP contribution in [0.5, 0.6) is 0 Å². The van der Waals surface area contributed by atoms with Gasteiger partial charge in [0.1, 0.15) is 4.83 Å². The number of aromatic amines is 1. The van der Waals surface area contributed by atoms with Gasteiger partial charge in [-0.05, 0) is 12.5 Å². The predicted molar refractivity (Wildman–Crippen MR) is 70.0 cm³/mol. The Hall–Kier alpha value is -1.83. The normalized spacial score (nSPS) is 18.1. The quantitative estimate of drug-likeness (QED) is 0.860. The average Bonchev–Trinajstić information content (AvgIpc) is 2.63. The molecule has 1 N–H and O–H groups in total. The first-order valence-corrected chi connectivity index (χ1v) is 6.76. The van der Waals surface area contributed by atoms with Crippen molar-refractivity contribution in [3.05, 3.63) is 31.3 Å². The van der Waals surface area contributed by atoms with E-state index in [4.69, 9.17) is 0 Å². The van der Waals surface area contributed by atoms with Gasteiger partial charge in [-0.3, -0.25) is 19.1 Å². The maximum Gasteiger partial charge on any atom is 0.329 e. The first-order valence-electron chi connectivity index (χ1n) is 5.95. The molecule has 0 unspecified atom stereocenters. The number of carbonyl (C=O) groups is 1. The van der Waals surface area contributed by atoms with Crippen LogP contribution in [0.4, 0.5) is 8.78 Å². The number of aldehydes is 1. The molecule has 2 heterocycles. The number of carbonyl (C=O) groups excluding carboxylic acids is 1. The van der Waals surface area contributed by atoms with Gasteiger partial charge in [0.2, 0.25) is 0 Å². The SMILES string of the molecule is Cc1c(C=O)sc2[nH]c(=O)n(C3CC(F)(F)C3)c(=O)c12. The molecule has 0 radical (unpaired) electrons. The average molecular weight is 300 g/mol. The minimum absolute atomic E-state index is 0.229. The zero-order valence-corrected chi connectivity index (χ0v) is 11.2. The zero-order chi connectivity index (χ0) is 14.7. The van der Waals surface area contributed by atoms with Crippen molar-refractivity contribution in [2.24, 2.45) is 0 Å². The Balaban J connectivity index is 2.24. The number of halogens is 2. The third-order valence-electron chi connectivity index (χ3n) is 3.60. The number of thiophene rings is 1. The molecule has 0 spiro atoms. The molecule has 1 aliphatic carbocycles. The fraction of sp³-hybridized carbons (Fsp3) is 0.417. The number of hydrogen-bond donors (Lipinski definition) is 1. The number of nitrogens with zero attached hydrogens (tertiary/aromatic N) is 1. The Morgan fingerprint density at radius 3 is 2.60 bits per heavy atom. The Kier molecular flexibility index (Phi) is 2.69. The first kappa shape index (κ1) is 13.2. The van der Waals surface area contributed by atoms with E-state index in [0.717, 1.165) is 15.9 Å². The highest BCUT2D eigenvalue weighted by Crippen LogP contribution is 2.44. The first-order chi connectivity index (χ1) is 9.34. The number of fused-ring (bicyclic) bond motifs is 1. The second-order valence-corrected chi connectivity index (χ2v) is 5.99. The third kappa shape index (κ3) is 1.75. The highest BCUT2D eigenvalue weighted by molar-refractivity contribution is 7.20. The molecular formula is C12H10F2N2O3S. The molecule has 1 fully saturated rings. The molecule has 0 saturated heterocycles. The van der Waals surface area contributed by atoms with Gasteiger partial charge in [-0.15, -0.1) is 11.3 Å². The summed E-state index contributed by atoms with van der Waals surface area (Å²) < 4.78 is 26.7. The molecule has 3 rings (SSSR count). The molecule has 1 saturated carbocycles. The lowest BCUT2D eigenvalue weighted by molar-refractivity contribution is -0.105. The van der Waals surface area contributed by atoms with Gasteiger partial charge in [0.15, 0.2) is 6.29 Å². The molecule has 0 bridgehead atoms. The van der Waals surface area contributed by atoms with Crippen LogP contribution in [-0.2, 0) is 0 Å². The van der Waals surface area contributed by atoms with Crippen LogP contribution in [0.25, 0.3) is 10.2 Å². The van der Waals surface area contributed by atoms with Crippen LogP contribution >= 0.6 is 11.3 Å². The number of alkyl halides is 2. The van der Waals surface area contributed by atoms with Gasteiger partial charge in [0.05, 0.1) is 16.3 Å². The van der Waals surface area contributed by atoms with E-state index in [1.165, 1.54) is 0 Å². The van der Waals surface area contributed by atoms with E-state index >= 15 is 0 Å². The summed E-state index contributed by atoms with van der Waals surface area (Å²) in [5.74, 6) is -2.82. The Morgan fingerprint density at radius 1 is 1.40 bits per heavy atom. The van der Waals surface area contributed by atoms with E-state index in [1.54, 1.807) is 6.92 Å². The summed E-state index contributed by atoms with van der Waals surface area (Å²) in [6.07, 6.45) is -0.407. The van der Waals surface area contributed by atoms with Crippen molar-refractivity contribution in [1.82, 2.24) is 9.55 Å². The van der Waals surface area contributed by atoms with Gasteiger partial charge in [0.25, 0.3) is 11.5 Å². The lowest BCUT2D eigenvalue weighted by Crippen LogP contribution is -2.47. The predicted octanol–water partition coefficient (Wildman–Crippen LogP) is 1.84. The molecular weight excluding hydrogens is 290 g/mol. The number of H-pyrrole nitrogens is 1. The second kappa shape index (κ2) is 4.08. The number of rotatable bonds is 2.